The Kier molecular flexibility index (Phi) is 3.89. The van der Waals surface area contributed by atoms with Gasteiger partial charge in [-0.2, -0.15) is 0 Å². The number of halogens is 3. The van der Waals surface area contributed by atoms with Crippen molar-refractivity contribution in [3.8, 4) is 0 Å². The molecule has 1 aliphatic carbocycles. The maximum absolute atomic E-state index is 13.5. The number of piperidine rings is 1. The third-order valence-electron chi connectivity index (χ3n) is 3.73. The van der Waals surface area contributed by atoms with Crippen LogP contribution >= 0.6 is 23.2 Å². The number of carbonyl (C=O) groups is 1. The molecule has 1 heterocycles. The fourth-order valence-electron chi connectivity index (χ4n) is 2.52. The molecule has 0 aromatic heterocycles. The molecule has 1 saturated heterocycles. The first-order valence-electron chi connectivity index (χ1n) is 6.78. The second-order valence-corrected chi connectivity index (χ2v) is 6.16. The van der Waals surface area contributed by atoms with E-state index in [0.717, 1.165) is 25.7 Å². The van der Waals surface area contributed by atoms with Crippen molar-refractivity contribution >= 4 is 34.8 Å². The van der Waals surface area contributed by atoms with Crippen LogP contribution in [0.5, 0.6) is 0 Å². The Bertz CT molecular complexity index is 525. The first-order valence-corrected chi connectivity index (χ1v) is 7.54. The van der Waals surface area contributed by atoms with Crippen LogP contribution in [0.15, 0.2) is 12.1 Å². The van der Waals surface area contributed by atoms with Gasteiger partial charge in [0.2, 0.25) is 5.91 Å². The van der Waals surface area contributed by atoms with Gasteiger partial charge < -0.3 is 10.2 Å². The van der Waals surface area contributed by atoms with Crippen molar-refractivity contribution in [1.29, 1.82) is 0 Å². The minimum Gasteiger partial charge on any atom is -0.311 e. The van der Waals surface area contributed by atoms with Crippen LogP contribution in [0.1, 0.15) is 25.7 Å². The minimum absolute atomic E-state index is 0.0156. The Morgan fingerprint density at radius 1 is 1.20 bits per heavy atom. The van der Waals surface area contributed by atoms with Gasteiger partial charge in [-0.25, -0.2) is 4.39 Å². The zero-order chi connectivity index (χ0) is 14.3. The van der Waals surface area contributed by atoms with Crippen LogP contribution in [0.4, 0.5) is 10.1 Å². The summed E-state index contributed by atoms with van der Waals surface area (Å²) in [6.45, 7) is 0.611. The summed E-state index contributed by atoms with van der Waals surface area (Å²) in [5.74, 6) is -0.629. The molecular formula is C14H15Cl2FN2O. The van der Waals surface area contributed by atoms with Crippen molar-refractivity contribution in [2.45, 2.75) is 37.8 Å². The maximum Gasteiger partial charge on any atom is 0.244 e. The molecule has 1 N–H and O–H groups in total. The van der Waals surface area contributed by atoms with E-state index in [0.29, 0.717) is 18.3 Å². The molecule has 1 unspecified atom stereocenters. The van der Waals surface area contributed by atoms with E-state index in [-0.39, 0.29) is 22.0 Å². The van der Waals surface area contributed by atoms with Gasteiger partial charge in [0, 0.05) is 18.3 Å². The number of hydrogen-bond acceptors (Lipinski definition) is 2. The van der Waals surface area contributed by atoms with Crippen LogP contribution < -0.4 is 10.2 Å². The summed E-state index contributed by atoms with van der Waals surface area (Å²) in [6, 6.07) is 3.24. The average molecular weight is 317 g/mol. The highest BCUT2D eigenvalue weighted by Gasteiger charge is 2.34. The molecule has 1 amide bonds. The summed E-state index contributed by atoms with van der Waals surface area (Å²) < 4.78 is 13.5. The molecule has 0 bridgehead atoms. The van der Waals surface area contributed by atoms with Gasteiger partial charge in [0.1, 0.15) is 0 Å². The fraction of sp³-hybridized carbons (Fsp3) is 0.500. The van der Waals surface area contributed by atoms with E-state index in [9.17, 15) is 9.18 Å². The molecule has 2 fully saturated rings. The van der Waals surface area contributed by atoms with E-state index in [1.165, 1.54) is 12.1 Å². The predicted molar refractivity (Wildman–Crippen MR) is 78.0 cm³/mol. The summed E-state index contributed by atoms with van der Waals surface area (Å²) >= 11 is 11.6. The summed E-state index contributed by atoms with van der Waals surface area (Å²) in [5, 5.41) is 3.24. The van der Waals surface area contributed by atoms with E-state index in [2.05, 4.69) is 5.32 Å². The van der Waals surface area contributed by atoms with Gasteiger partial charge in [-0.15, -0.1) is 0 Å². The van der Waals surface area contributed by atoms with Crippen molar-refractivity contribution in [2.24, 2.45) is 0 Å². The molecule has 3 rings (SSSR count). The number of nitrogens with zero attached hydrogens (tertiary/aromatic N) is 1. The van der Waals surface area contributed by atoms with Crippen molar-refractivity contribution in [3.05, 3.63) is 28.0 Å². The molecule has 1 aromatic rings. The standard InChI is InChI=1S/C14H15Cl2FN2O/c15-10-6-9(7-11(16)13(10)17)19-5-1-2-12(14(19)20)18-8-3-4-8/h6-8,12,18H,1-5H2. The van der Waals surface area contributed by atoms with Gasteiger partial charge in [-0.1, -0.05) is 23.2 Å². The highest BCUT2D eigenvalue weighted by atomic mass is 35.5. The lowest BCUT2D eigenvalue weighted by molar-refractivity contribution is -0.121. The molecule has 108 valence electrons. The molecule has 20 heavy (non-hydrogen) atoms. The first-order chi connectivity index (χ1) is 9.56. The highest BCUT2D eigenvalue weighted by Crippen LogP contribution is 2.31. The smallest absolute Gasteiger partial charge is 0.244 e. The Morgan fingerprint density at radius 3 is 2.45 bits per heavy atom. The van der Waals surface area contributed by atoms with Crippen LogP contribution in [0.3, 0.4) is 0 Å². The summed E-state index contributed by atoms with van der Waals surface area (Å²) in [6.07, 6.45) is 4.02. The van der Waals surface area contributed by atoms with Crippen LogP contribution in [-0.4, -0.2) is 24.5 Å². The lowest BCUT2D eigenvalue weighted by atomic mass is 10.0. The third kappa shape index (κ3) is 2.78. The lowest BCUT2D eigenvalue weighted by Gasteiger charge is -2.33. The zero-order valence-corrected chi connectivity index (χ0v) is 12.3. The average Bonchev–Trinajstić information content (AvgIpc) is 3.22. The van der Waals surface area contributed by atoms with Crippen molar-refractivity contribution in [1.82, 2.24) is 5.32 Å². The topological polar surface area (TPSA) is 32.3 Å². The molecule has 0 radical (unpaired) electrons. The van der Waals surface area contributed by atoms with Gasteiger partial charge >= 0.3 is 0 Å². The van der Waals surface area contributed by atoms with E-state index in [4.69, 9.17) is 23.2 Å². The zero-order valence-electron chi connectivity index (χ0n) is 10.8. The number of anilines is 1. The van der Waals surface area contributed by atoms with Gasteiger partial charge in [0.05, 0.1) is 16.1 Å². The predicted octanol–water partition coefficient (Wildman–Crippen LogP) is 3.38. The molecule has 1 aromatic carbocycles. The van der Waals surface area contributed by atoms with Crippen molar-refractivity contribution < 1.29 is 9.18 Å². The van der Waals surface area contributed by atoms with Crippen LogP contribution in [0, 0.1) is 5.82 Å². The molecule has 1 aliphatic heterocycles. The minimum atomic E-state index is -0.644. The molecule has 3 nitrogen and oxygen atoms in total. The Hall–Kier alpha value is -0.840. The third-order valence-corrected chi connectivity index (χ3v) is 4.28. The summed E-state index contributed by atoms with van der Waals surface area (Å²) in [7, 11) is 0. The Labute approximate surface area is 127 Å². The number of amides is 1. The van der Waals surface area contributed by atoms with E-state index in [1.807, 2.05) is 0 Å². The SMILES string of the molecule is O=C1C(NC2CC2)CCCN1c1cc(Cl)c(F)c(Cl)c1. The van der Waals surface area contributed by atoms with Gasteiger partial charge in [-0.05, 0) is 37.8 Å². The number of benzene rings is 1. The summed E-state index contributed by atoms with van der Waals surface area (Å²) in [4.78, 5) is 14.1. The number of carbonyl (C=O) groups excluding carboxylic acids is 1. The Morgan fingerprint density at radius 2 is 1.85 bits per heavy atom. The number of rotatable bonds is 3. The molecule has 1 saturated carbocycles. The van der Waals surface area contributed by atoms with E-state index >= 15 is 0 Å². The molecular weight excluding hydrogens is 302 g/mol. The van der Waals surface area contributed by atoms with Crippen molar-refractivity contribution in [3.63, 3.8) is 0 Å². The largest absolute Gasteiger partial charge is 0.311 e. The molecule has 0 spiro atoms. The molecule has 1 atom stereocenters. The Balaban J connectivity index is 1.83. The fourth-order valence-corrected chi connectivity index (χ4v) is 2.99. The normalized spacial score (nSPS) is 23.2. The number of nitrogens with one attached hydrogen (secondary N) is 1. The molecule has 6 heteroatoms. The van der Waals surface area contributed by atoms with Gasteiger partial charge in [0.15, 0.2) is 5.82 Å². The van der Waals surface area contributed by atoms with Crippen molar-refractivity contribution in [2.75, 3.05) is 11.4 Å². The van der Waals surface area contributed by atoms with Gasteiger partial charge in [0.25, 0.3) is 0 Å². The lowest BCUT2D eigenvalue weighted by Crippen LogP contribution is -2.51. The second kappa shape index (κ2) is 5.51. The van der Waals surface area contributed by atoms with E-state index in [1.54, 1.807) is 4.90 Å². The maximum atomic E-state index is 13.5. The summed E-state index contributed by atoms with van der Waals surface area (Å²) in [5.41, 5.74) is 0.564. The van der Waals surface area contributed by atoms with Crippen LogP contribution in [0.25, 0.3) is 0 Å². The van der Waals surface area contributed by atoms with Crippen LogP contribution in [0.2, 0.25) is 10.0 Å². The quantitative estimate of drug-likeness (QED) is 0.867. The monoisotopic (exact) mass is 316 g/mol. The van der Waals surface area contributed by atoms with Crippen LogP contribution in [-0.2, 0) is 4.79 Å². The molecule has 2 aliphatic rings. The van der Waals surface area contributed by atoms with Gasteiger partial charge in [-0.3, -0.25) is 4.79 Å². The van der Waals surface area contributed by atoms with E-state index < -0.39 is 5.82 Å². The number of hydrogen-bond donors (Lipinski definition) is 1. The second-order valence-electron chi connectivity index (χ2n) is 5.35. The first kappa shape index (κ1) is 14.1. The highest BCUT2D eigenvalue weighted by molar-refractivity contribution is 6.35.